The van der Waals surface area contributed by atoms with Gasteiger partial charge in [0.05, 0.1) is 5.92 Å². The number of hydrogen-bond donors (Lipinski definition) is 2. The van der Waals surface area contributed by atoms with Crippen molar-refractivity contribution in [2.24, 2.45) is 5.92 Å². The summed E-state index contributed by atoms with van der Waals surface area (Å²) in [5, 5.41) is 12.6. The van der Waals surface area contributed by atoms with E-state index in [1.54, 1.807) is 12.4 Å². The van der Waals surface area contributed by atoms with Crippen molar-refractivity contribution in [1.82, 2.24) is 15.3 Å². The van der Waals surface area contributed by atoms with Crippen molar-refractivity contribution >= 4 is 5.97 Å². The fourth-order valence-electron chi connectivity index (χ4n) is 2.32. The van der Waals surface area contributed by atoms with Crippen molar-refractivity contribution in [2.75, 3.05) is 13.1 Å². The zero-order valence-corrected chi connectivity index (χ0v) is 9.67. The van der Waals surface area contributed by atoms with E-state index in [0.717, 1.165) is 25.9 Å². The van der Waals surface area contributed by atoms with Crippen LogP contribution in [0.4, 0.5) is 0 Å². The maximum Gasteiger partial charge on any atom is 0.311 e. The lowest BCUT2D eigenvalue weighted by atomic mass is 9.85. The summed E-state index contributed by atoms with van der Waals surface area (Å²) in [6.07, 6.45) is 7.42. The molecule has 2 heterocycles. The van der Waals surface area contributed by atoms with Gasteiger partial charge in [0.15, 0.2) is 0 Å². The van der Waals surface area contributed by atoms with Gasteiger partial charge in [-0.2, -0.15) is 0 Å². The molecule has 1 aliphatic heterocycles. The van der Waals surface area contributed by atoms with Gasteiger partial charge in [-0.15, -0.1) is 0 Å². The average molecular weight is 235 g/mol. The number of carboxylic acid groups (broad SMARTS) is 1. The lowest BCUT2D eigenvalue weighted by Crippen LogP contribution is -2.29. The summed E-state index contributed by atoms with van der Waals surface area (Å²) in [4.78, 5) is 19.1. The van der Waals surface area contributed by atoms with E-state index < -0.39 is 11.9 Å². The predicted octanol–water partition coefficient (Wildman–Crippen LogP) is 1.03. The van der Waals surface area contributed by atoms with Gasteiger partial charge in [0, 0.05) is 18.0 Å². The molecule has 1 unspecified atom stereocenters. The summed E-state index contributed by atoms with van der Waals surface area (Å²) in [5.74, 6) is -0.768. The smallest absolute Gasteiger partial charge is 0.311 e. The van der Waals surface area contributed by atoms with E-state index in [4.69, 9.17) is 0 Å². The molecule has 1 aromatic heterocycles. The molecule has 17 heavy (non-hydrogen) atoms. The third-order valence-corrected chi connectivity index (χ3v) is 3.31. The lowest BCUT2D eigenvalue weighted by Gasteiger charge is -2.25. The number of piperidine rings is 1. The topological polar surface area (TPSA) is 75.1 Å². The molecule has 0 aliphatic carbocycles. The minimum atomic E-state index is -0.779. The predicted molar refractivity (Wildman–Crippen MR) is 62.6 cm³/mol. The minimum Gasteiger partial charge on any atom is -0.481 e. The Balaban J connectivity index is 2.05. The molecular weight excluding hydrogens is 218 g/mol. The van der Waals surface area contributed by atoms with Crippen LogP contribution in [0.15, 0.2) is 18.7 Å². The van der Waals surface area contributed by atoms with Crippen LogP contribution in [-0.4, -0.2) is 34.1 Å². The van der Waals surface area contributed by atoms with E-state index in [1.807, 2.05) is 0 Å². The van der Waals surface area contributed by atoms with Crippen LogP contribution in [0.2, 0.25) is 0 Å². The van der Waals surface area contributed by atoms with E-state index in [2.05, 4.69) is 15.3 Å². The van der Waals surface area contributed by atoms with Crippen LogP contribution in [-0.2, 0) is 4.79 Å². The Morgan fingerprint density at radius 1 is 1.41 bits per heavy atom. The quantitative estimate of drug-likeness (QED) is 0.815. The minimum absolute atomic E-state index is 0.473. The zero-order valence-electron chi connectivity index (χ0n) is 9.67. The number of nitrogens with zero attached hydrogens (tertiary/aromatic N) is 2. The number of carboxylic acids is 1. The molecule has 1 atom stereocenters. The van der Waals surface area contributed by atoms with E-state index in [1.165, 1.54) is 6.33 Å². The van der Waals surface area contributed by atoms with Crippen LogP contribution in [0.3, 0.4) is 0 Å². The van der Waals surface area contributed by atoms with Crippen LogP contribution in [0.1, 0.15) is 30.7 Å². The molecule has 0 radical (unpaired) electrons. The van der Waals surface area contributed by atoms with Crippen LogP contribution in [0, 0.1) is 5.92 Å². The summed E-state index contributed by atoms with van der Waals surface area (Å²) >= 11 is 0. The first-order valence-electron chi connectivity index (χ1n) is 5.96. The molecule has 1 fully saturated rings. The van der Waals surface area contributed by atoms with E-state index >= 15 is 0 Å². The second kappa shape index (κ2) is 5.72. The van der Waals surface area contributed by atoms with Crippen molar-refractivity contribution in [3.63, 3.8) is 0 Å². The normalized spacial score (nSPS) is 18.8. The third-order valence-electron chi connectivity index (χ3n) is 3.31. The number of nitrogens with one attached hydrogen (secondary N) is 1. The van der Waals surface area contributed by atoms with Crippen LogP contribution >= 0.6 is 0 Å². The first-order chi connectivity index (χ1) is 8.27. The standard InChI is InChI=1S/C12H17N3O2/c16-12(17)11(10-6-14-8-15-7-10)5-9-1-3-13-4-2-9/h6-9,11,13H,1-5H2,(H,16,17). The van der Waals surface area contributed by atoms with Gasteiger partial charge in [0.1, 0.15) is 6.33 Å². The highest BCUT2D eigenvalue weighted by Crippen LogP contribution is 2.27. The summed E-state index contributed by atoms with van der Waals surface area (Å²) in [6.45, 7) is 1.98. The van der Waals surface area contributed by atoms with Crippen molar-refractivity contribution in [2.45, 2.75) is 25.2 Å². The Bertz CT molecular complexity index is 363. The molecule has 5 nitrogen and oxygen atoms in total. The largest absolute Gasteiger partial charge is 0.481 e. The van der Waals surface area contributed by atoms with E-state index in [-0.39, 0.29) is 0 Å². The van der Waals surface area contributed by atoms with Gasteiger partial charge in [-0.05, 0) is 38.3 Å². The van der Waals surface area contributed by atoms with Gasteiger partial charge >= 0.3 is 5.97 Å². The van der Waals surface area contributed by atoms with Crippen molar-refractivity contribution in [1.29, 1.82) is 0 Å². The Morgan fingerprint density at radius 2 is 2.06 bits per heavy atom. The third kappa shape index (κ3) is 3.23. The molecule has 0 bridgehead atoms. The molecule has 0 saturated carbocycles. The van der Waals surface area contributed by atoms with Gasteiger partial charge < -0.3 is 10.4 Å². The molecular formula is C12H17N3O2. The molecule has 0 aromatic carbocycles. The van der Waals surface area contributed by atoms with Crippen molar-refractivity contribution in [3.8, 4) is 0 Å². The summed E-state index contributed by atoms with van der Waals surface area (Å²) in [5.41, 5.74) is 0.707. The van der Waals surface area contributed by atoms with Gasteiger partial charge in [-0.3, -0.25) is 4.79 Å². The zero-order chi connectivity index (χ0) is 12.1. The maximum absolute atomic E-state index is 11.3. The van der Waals surface area contributed by atoms with E-state index in [9.17, 15) is 9.90 Å². The molecule has 1 aromatic rings. The first kappa shape index (κ1) is 12.0. The van der Waals surface area contributed by atoms with Crippen LogP contribution < -0.4 is 5.32 Å². The SMILES string of the molecule is O=C(O)C(CC1CCNCC1)c1cncnc1. The Hall–Kier alpha value is -1.49. The Labute approximate surface area is 100 Å². The summed E-state index contributed by atoms with van der Waals surface area (Å²) in [6, 6.07) is 0. The monoisotopic (exact) mass is 235 g/mol. The van der Waals surface area contributed by atoms with Crippen LogP contribution in [0.5, 0.6) is 0 Å². The second-order valence-electron chi connectivity index (χ2n) is 4.49. The maximum atomic E-state index is 11.3. The molecule has 92 valence electrons. The number of carbonyl (C=O) groups is 1. The number of hydrogen-bond acceptors (Lipinski definition) is 4. The molecule has 0 amide bonds. The van der Waals surface area contributed by atoms with Gasteiger partial charge in [0.25, 0.3) is 0 Å². The Kier molecular flexibility index (Phi) is 4.03. The summed E-state index contributed by atoms with van der Waals surface area (Å²) < 4.78 is 0. The van der Waals surface area contributed by atoms with Crippen molar-refractivity contribution in [3.05, 3.63) is 24.3 Å². The van der Waals surface area contributed by atoms with Gasteiger partial charge in [-0.25, -0.2) is 9.97 Å². The molecule has 2 N–H and O–H groups in total. The highest BCUT2D eigenvalue weighted by atomic mass is 16.4. The Morgan fingerprint density at radius 3 is 2.65 bits per heavy atom. The second-order valence-corrected chi connectivity index (χ2v) is 4.49. The molecule has 5 heteroatoms. The first-order valence-corrected chi connectivity index (χ1v) is 5.96. The highest BCUT2D eigenvalue weighted by Gasteiger charge is 2.25. The van der Waals surface area contributed by atoms with Crippen molar-refractivity contribution < 1.29 is 9.90 Å². The molecule has 1 saturated heterocycles. The number of aliphatic carboxylic acids is 1. The number of aromatic nitrogens is 2. The fraction of sp³-hybridized carbons (Fsp3) is 0.583. The molecule has 2 rings (SSSR count). The summed E-state index contributed by atoms with van der Waals surface area (Å²) in [7, 11) is 0. The van der Waals surface area contributed by atoms with E-state index in [0.29, 0.717) is 17.9 Å². The highest BCUT2D eigenvalue weighted by molar-refractivity contribution is 5.75. The number of rotatable bonds is 4. The fourth-order valence-corrected chi connectivity index (χ4v) is 2.32. The average Bonchev–Trinajstić information content (AvgIpc) is 2.38. The molecule has 1 aliphatic rings. The van der Waals surface area contributed by atoms with Gasteiger partial charge in [0.2, 0.25) is 0 Å². The molecule has 0 spiro atoms. The lowest BCUT2D eigenvalue weighted by molar-refractivity contribution is -0.139. The van der Waals surface area contributed by atoms with Gasteiger partial charge in [-0.1, -0.05) is 0 Å². The van der Waals surface area contributed by atoms with Crippen LogP contribution in [0.25, 0.3) is 0 Å².